The molecule has 1 aliphatic carbocycles. The molecule has 1 heterocycles. The van der Waals surface area contributed by atoms with Gasteiger partial charge in [0.05, 0.1) is 0 Å². The van der Waals surface area contributed by atoms with Crippen molar-refractivity contribution in [2.75, 3.05) is 6.54 Å². The number of piperazine rings is 1. The van der Waals surface area contributed by atoms with Crippen molar-refractivity contribution in [3.63, 3.8) is 0 Å². The highest BCUT2D eigenvalue weighted by atomic mass is 16.2. The van der Waals surface area contributed by atoms with Crippen LogP contribution in [0.1, 0.15) is 46.0 Å². The summed E-state index contributed by atoms with van der Waals surface area (Å²) in [7, 11) is 0. The minimum absolute atomic E-state index is 0.00514. The first-order chi connectivity index (χ1) is 8.13. The van der Waals surface area contributed by atoms with E-state index in [4.69, 9.17) is 0 Å². The molecule has 0 aromatic rings. The largest absolute Gasteiger partial charge is 0.343 e. The summed E-state index contributed by atoms with van der Waals surface area (Å²) in [6.45, 7) is 4.53. The Balaban J connectivity index is 2.05. The van der Waals surface area contributed by atoms with Crippen LogP contribution < -0.4 is 5.32 Å². The lowest BCUT2D eigenvalue weighted by Crippen LogP contribution is -2.62. The number of nitrogens with zero attached hydrogens (tertiary/aromatic N) is 1. The van der Waals surface area contributed by atoms with Crippen molar-refractivity contribution in [2.24, 2.45) is 5.92 Å². The van der Waals surface area contributed by atoms with Gasteiger partial charge in [-0.3, -0.25) is 9.59 Å². The zero-order valence-electron chi connectivity index (χ0n) is 10.7. The first-order valence-corrected chi connectivity index (χ1v) is 6.74. The number of hydrogen-bond acceptors (Lipinski definition) is 2. The second kappa shape index (κ2) is 5.07. The highest BCUT2D eigenvalue weighted by Crippen LogP contribution is 2.27. The summed E-state index contributed by atoms with van der Waals surface area (Å²) < 4.78 is 0. The van der Waals surface area contributed by atoms with Gasteiger partial charge in [0, 0.05) is 6.54 Å². The topological polar surface area (TPSA) is 49.4 Å². The number of carbonyl (C=O) groups is 2. The van der Waals surface area contributed by atoms with Crippen LogP contribution in [0.4, 0.5) is 0 Å². The van der Waals surface area contributed by atoms with Gasteiger partial charge in [0.1, 0.15) is 12.1 Å². The molecule has 96 valence electrons. The van der Waals surface area contributed by atoms with E-state index in [2.05, 4.69) is 5.32 Å². The molecule has 2 unspecified atom stereocenters. The van der Waals surface area contributed by atoms with Gasteiger partial charge in [-0.15, -0.1) is 0 Å². The Kier molecular flexibility index (Phi) is 3.69. The maximum atomic E-state index is 12.2. The lowest BCUT2D eigenvalue weighted by molar-refractivity contribution is -0.149. The average molecular weight is 238 g/mol. The highest BCUT2D eigenvalue weighted by molar-refractivity contribution is 5.96. The Hall–Kier alpha value is -1.06. The van der Waals surface area contributed by atoms with Crippen LogP contribution in [0.15, 0.2) is 0 Å². The van der Waals surface area contributed by atoms with Gasteiger partial charge in [0.15, 0.2) is 0 Å². The zero-order valence-corrected chi connectivity index (χ0v) is 10.7. The molecule has 1 aliphatic heterocycles. The number of nitrogens with one attached hydrogen (secondary N) is 1. The summed E-state index contributed by atoms with van der Waals surface area (Å²) in [5, 5.41) is 2.79. The molecule has 4 nitrogen and oxygen atoms in total. The van der Waals surface area contributed by atoms with E-state index in [1.165, 1.54) is 25.7 Å². The van der Waals surface area contributed by atoms with Crippen LogP contribution in [0.2, 0.25) is 0 Å². The Morgan fingerprint density at radius 3 is 2.53 bits per heavy atom. The minimum atomic E-state index is -0.305. The lowest BCUT2D eigenvalue weighted by Gasteiger charge is -2.38. The maximum absolute atomic E-state index is 12.2. The molecule has 2 fully saturated rings. The van der Waals surface area contributed by atoms with E-state index >= 15 is 0 Å². The standard InChI is InChI=1S/C13H22N2O2/c1-3-11-13(17)15(9(2)12(16)14-11)8-10-6-4-5-7-10/h9-11H,3-8H2,1-2H3,(H,14,16). The van der Waals surface area contributed by atoms with E-state index in [9.17, 15) is 9.59 Å². The molecule has 0 aromatic carbocycles. The summed E-state index contributed by atoms with van der Waals surface area (Å²) in [6.07, 6.45) is 5.62. The molecule has 2 rings (SSSR count). The molecular weight excluding hydrogens is 216 g/mol. The Morgan fingerprint density at radius 1 is 1.29 bits per heavy atom. The maximum Gasteiger partial charge on any atom is 0.245 e. The number of carbonyl (C=O) groups excluding carboxylic acids is 2. The average Bonchev–Trinajstić information content (AvgIpc) is 2.82. The van der Waals surface area contributed by atoms with Crippen molar-refractivity contribution >= 4 is 11.8 Å². The monoisotopic (exact) mass is 238 g/mol. The van der Waals surface area contributed by atoms with Crippen molar-refractivity contribution in [1.82, 2.24) is 10.2 Å². The van der Waals surface area contributed by atoms with Crippen LogP contribution >= 0.6 is 0 Å². The van der Waals surface area contributed by atoms with E-state index < -0.39 is 0 Å². The quantitative estimate of drug-likeness (QED) is 0.805. The van der Waals surface area contributed by atoms with Crippen molar-refractivity contribution < 1.29 is 9.59 Å². The molecule has 2 amide bonds. The third kappa shape index (κ3) is 2.45. The molecule has 1 saturated carbocycles. The molecule has 0 spiro atoms. The van der Waals surface area contributed by atoms with Gasteiger partial charge in [0.25, 0.3) is 0 Å². The fourth-order valence-electron chi connectivity index (χ4n) is 2.88. The smallest absolute Gasteiger partial charge is 0.245 e. The number of amides is 2. The van der Waals surface area contributed by atoms with E-state index in [0.29, 0.717) is 12.3 Å². The summed E-state index contributed by atoms with van der Waals surface area (Å²) in [6, 6.07) is -0.606. The molecule has 2 aliphatic rings. The summed E-state index contributed by atoms with van der Waals surface area (Å²) >= 11 is 0. The fourth-order valence-corrected chi connectivity index (χ4v) is 2.88. The van der Waals surface area contributed by atoms with Gasteiger partial charge >= 0.3 is 0 Å². The van der Waals surface area contributed by atoms with Crippen LogP contribution in [0.5, 0.6) is 0 Å². The van der Waals surface area contributed by atoms with E-state index in [0.717, 1.165) is 6.54 Å². The first kappa shape index (κ1) is 12.4. The number of rotatable bonds is 3. The van der Waals surface area contributed by atoms with Crippen LogP contribution in [0.3, 0.4) is 0 Å². The van der Waals surface area contributed by atoms with Crippen molar-refractivity contribution in [3.8, 4) is 0 Å². The lowest BCUT2D eigenvalue weighted by atomic mass is 10.0. The molecule has 0 aromatic heterocycles. The van der Waals surface area contributed by atoms with Gasteiger partial charge < -0.3 is 10.2 Å². The van der Waals surface area contributed by atoms with Gasteiger partial charge in [-0.1, -0.05) is 19.8 Å². The molecule has 0 bridgehead atoms. The first-order valence-electron chi connectivity index (χ1n) is 6.74. The van der Waals surface area contributed by atoms with Crippen LogP contribution in [-0.2, 0) is 9.59 Å². The van der Waals surface area contributed by atoms with E-state index in [1.54, 1.807) is 4.90 Å². The molecule has 4 heteroatoms. The summed E-state index contributed by atoms with van der Waals surface area (Å²) in [4.78, 5) is 25.8. The predicted molar refractivity (Wildman–Crippen MR) is 65.4 cm³/mol. The Labute approximate surface area is 103 Å². The molecule has 17 heavy (non-hydrogen) atoms. The summed E-state index contributed by atoms with van der Waals surface area (Å²) in [5.74, 6) is 0.700. The third-order valence-corrected chi connectivity index (χ3v) is 4.08. The van der Waals surface area contributed by atoms with E-state index in [1.807, 2.05) is 13.8 Å². The predicted octanol–water partition coefficient (Wildman–Crippen LogP) is 1.30. The molecule has 0 radical (unpaired) electrons. The van der Waals surface area contributed by atoms with Gasteiger partial charge in [-0.25, -0.2) is 0 Å². The SMILES string of the molecule is CCC1NC(=O)C(C)N(CC2CCCC2)C1=O. The fraction of sp³-hybridized carbons (Fsp3) is 0.846. The molecular formula is C13H22N2O2. The molecule has 1 saturated heterocycles. The second-order valence-electron chi connectivity index (χ2n) is 5.29. The normalized spacial score (nSPS) is 30.8. The highest BCUT2D eigenvalue weighted by Gasteiger charge is 2.38. The van der Waals surface area contributed by atoms with Gasteiger partial charge in [-0.05, 0) is 32.1 Å². The van der Waals surface area contributed by atoms with E-state index in [-0.39, 0.29) is 23.9 Å². The molecule has 2 atom stereocenters. The van der Waals surface area contributed by atoms with Gasteiger partial charge in [-0.2, -0.15) is 0 Å². The third-order valence-electron chi connectivity index (χ3n) is 4.08. The van der Waals surface area contributed by atoms with Crippen molar-refractivity contribution in [2.45, 2.75) is 58.0 Å². The zero-order chi connectivity index (χ0) is 12.4. The van der Waals surface area contributed by atoms with Crippen molar-refractivity contribution in [3.05, 3.63) is 0 Å². The van der Waals surface area contributed by atoms with Crippen molar-refractivity contribution in [1.29, 1.82) is 0 Å². The van der Waals surface area contributed by atoms with Crippen LogP contribution in [-0.4, -0.2) is 35.3 Å². The minimum Gasteiger partial charge on any atom is -0.343 e. The Bertz CT molecular complexity index is 311. The Morgan fingerprint density at radius 2 is 1.94 bits per heavy atom. The number of hydrogen-bond donors (Lipinski definition) is 1. The second-order valence-corrected chi connectivity index (χ2v) is 5.29. The van der Waals surface area contributed by atoms with Gasteiger partial charge in [0.2, 0.25) is 11.8 Å². The molecule has 1 N–H and O–H groups in total. The van der Waals surface area contributed by atoms with Crippen LogP contribution in [0, 0.1) is 5.92 Å². The van der Waals surface area contributed by atoms with Crippen LogP contribution in [0.25, 0.3) is 0 Å². The summed E-state index contributed by atoms with van der Waals surface area (Å²) in [5.41, 5.74) is 0.